The fourth-order valence-corrected chi connectivity index (χ4v) is 5.59. The summed E-state index contributed by atoms with van der Waals surface area (Å²) in [5.74, 6) is 0.685. The number of thioether (sulfide) groups is 1. The standard InChI is InChI=1S/C27H28N2O5S2/c1-6-33-24-18(9-8-10-20(24)32-4)15-21-25(30)29-23(17-11-13-19(35-5)14-12-17)22(26(31)34-7-2)16(3)28-27(29)36-21/h8-15,23H,6-7H2,1-5H3/b21-15-/t23-/m1/s1. The quantitative estimate of drug-likeness (QED) is 0.328. The van der Waals surface area contributed by atoms with Gasteiger partial charge in [0, 0.05) is 10.5 Å². The molecule has 3 aromatic rings. The van der Waals surface area contributed by atoms with E-state index in [1.807, 2.05) is 55.6 Å². The van der Waals surface area contributed by atoms with Gasteiger partial charge in [0.25, 0.3) is 5.56 Å². The zero-order chi connectivity index (χ0) is 25.8. The minimum atomic E-state index is -0.643. The summed E-state index contributed by atoms with van der Waals surface area (Å²) in [5, 5.41) is 0. The van der Waals surface area contributed by atoms with Crippen LogP contribution in [0.25, 0.3) is 6.08 Å². The van der Waals surface area contributed by atoms with Crippen molar-refractivity contribution in [2.24, 2.45) is 4.99 Å². The number of thiazole rings is 1. The molecule has 1 aliphatic rings. The molecule has 4 rings (SSSR count). The van der Waals surface area contributed by atoms with Crippen molar-refractivity contribution < 1.29 is 19.0 Å². The Morgan fingerprint density at radius 1 is 1.17 bits per heavy atom. The highest BCUT2D eigenvalue weighted by molar-refractivity contribution is 7.98. The SMILES string of the molecule is CCOC(=O)C1=C(C)N=c2s/c(=C\c3cccc(OC)c3OCC)c(=O)n2[C@@H]1c1ccc(SC)cc1. The van der Waals surface area contributed by atoms with Gasteiger partial charge in [0.2, 0.25) is 0 Å². The lowest BCUT2D eigenvalue weighted by Crippen LogP contribution is -2.39. The van der Waals surface area contributed by atoms with Gasteiger partial charge in [-0.2, -0.15) is 0 Å². The van der Waals surface area contributed by atoms with Gasteiger partial charge < -0.3 is 14.2 Å². The molecule has 36 heavy (non-hydrogen) atoms. The molecule has 0 bridgehead atoms. The molecule has 1 atom stereocenters. The van der Waals surface area contributed by atoms with Crippen molar-refractivity contribution in [3.05, 3.63) is 84.5 Å². The van der Waals surface area contributed by atoms with E-state index in [4.69, 9.17) is 14.2 Å². The van der Waals surface area contributed by atoms with Gasteiger partial charge in [-0.3, -0.25) is 9.36 Å². The minimum Gasteiger partial charge on any atom is -0.493 e. The van der Waals surface area contributed by atoms with E-state index in [9.17, 15) is 9.59 Å². The van der Waals surface area contributed by atoms with Crippen molar-refractivity contribution in [2.45, 2.75) is 31.7 Å². The number of ether oxygens (including phenoxy) is 3. The highest BCUT2D eigenvalue weighted by Gasteiger charge is 2.33. The first kappa shape index (κ1) is 25.8. The number of methoxy groups -OCH3 is 1. The van der Waals surface area contributed by atoms with E-state index < -0.39 is 12.0 Å². The molecule has 0 saturated heterocycles. The summed E-state index contributed by atoms with van der Waals surface area (Å²) in [5.41, 5.74) is 2.20. The molecule has 1 aliphatic heterocycles. The first-order valence-electron chi connectivity index (χ1n) is 11.6. The Labute approximate surface area is 217 Å². The van der Waals surface area contributed by atoms with Crippen LogP contribution in [0, 0.1) is 0 Å². The fourth-order valence-electron chi connectivity index (χ4n) is 4.14. The monoisotopic (exact) mass is 524 g/mol. The molecule has 2 heterocycles. The maximum atomic E-state index is 13.8. The van der Waals surface area contributed by atoms with Crippen molar-refractivity contribution in [3.63, 3.8) is 0 Å². The molecule has 9 heteroatoms. The molecular weight excluding hydrogens is 496 g/mol. The molecule has 7 nitrogen and oxygen atoms in total. The average molecular weight is 525 g/mol. The maximum Gasteiger partial charge on any atom is 0.338 e. The molecule has 0 aliphatic carbocycles. The highest BCUT2D eigenvalue weighted by atomic mass is 32.2. The topological polar surface area (TPSA) is 79.1 Å². The lowest BCUT2D eigenvalue weighted by atomic mass is 9.96. The molecule has 0 N–H and O–H groups in total. The van der Waals surface area contributed by atoms with Crippen molar-refractivity contribution in [1.82, 2.24) is 4.57 Å². The third-order valence-electron chi connectivity index (χ3n) is 5.75. The van der Waals surface area contributed by atoms with E-state index in [-0.39, 0.29) is 12.2 Å². The number of allylic oxidation sites excluding steroid dienone is 1. The maximum absolute atomic E-state index is 13.8. The van der Waals surface area contributed by atoms with E-state index in [0.717, 1.165) is 16.0 Å². The second-order valence-electron chi connectivity index (χ2n) is 7.89. The number of rotatable bonds is 8. The smallest absolute Gasteiger partial charge is 0.338 e. The molecule has 0 unspecified atom stereocenters. The summed E-state index contributed by atoms with van der Waals surface area (Å²) in [6, 6.07) is 12.8. The van der Waals surface area contributed by atoms with E-state index in [0.29, 0.717) is 38.7 Å². The van der Waals surface area contributed by atoms with Crippen LogP contribution in [-0.2, 0) is 9.53 Å². The van der Waals surface area contributed by atoms with Gasteiger partial charge in [0.1, 0.15) is 0 Å². The first-order chi connectivity index (χ1) is 17.4. The number of carbonyl (C=O) groups is 1. The summed E-state index contributed by atoms with van der Waals surface area (Å²) in [7, 11) is 1.58. The zero-order valence-corrected chi connectivity index (χ0v) is 22.5. The Hall–Kier alpha value is -3.30. The summed E-state index contributed by atoms with van der Waals surface area (Å²) >= 11 is 2.90. The van der Waals surface area contributed by atoms with Crippen LogP contribution in [0.3, 0.4) is 0 Å². The molecule has 0 saturated carbocycles. The van der Waals surface area contributed by atoms with Crippen molar-refractivity contribution in [1.29, 1.82) is 0 Å². The van der Waals surface area contributed by atoms with E-state index in [2.05, 4.69) is 4.99 Å². The number of hydrogen-bond acceptors (Lipinski definition) is 8. The van der Waals surface area contributed by atoms with Crippen LogP contribution < -0.4 is 24.4 Å². The summed E-state index contributed by atoms with van der Waals surface area (Å²) in [6.45, 7) is 6.12. The first-order valence-corrected chi connectivity index (χ1v) is 13.6. The fraction of sp³-hybridized carbons (Fsp3) is 0.296. The highest BCUT2D eigenvalue weighted by Crippen LogP contribution is 2.33. The number of benzene rings is 2. The van der Waals surface area contributed by atoms with Gasteiger partial charge in [-0.05, 0) is 56.9 Å². The third kappa shape index (κ3) is 4.85. The molecular formula is C27H28N2O5S2. The number of nitrogens with zero attached hydrogens (tertiary/aromatic N) is 2. The second kappa shape index (κ2) is 11.2. The molecule has 0 amide bonds. The van der Waals surface area contributed by atoms with Crippen molar-refractivity contribution >= 4 is 35.1 Å². The predicted molar refractivity (Wildman–Crippen MR) is 143 cm³/mol. The molecule has 0 spiro atoms. The van der Waals surface area contributed by atoms with Crippen molar-refractivity contribution in [3.8, 4) is 11.5 Å². The van der Waals surface area contributed by atoms with Gasteiger partial charge >= 0.3 is 5.97 Å². The molecule has 1 aromatic heterocycles. The Bertz CT molecular complexity index is 1490. The van der Waals surface area contributed by atoms with E-state index >= 15 is 0 Å². The van der Waals surface area contributed by atoms with Gasteiger partial charge in [-0.15, -0.1) is 11.8 Å². The van der Waals surface area contributed by atoms with Crippen LogP contribution in [0.4, 0.5) is 0 Å². The lowest BCUT2D eigenvalue weighted by Gasteiger charge is -2.24. The number of carbonyl (C=O) groups excluding carboxylic acids is 1. The largest absolute Gasteiger partial charge is 0.493 e. The van der Waals surface area contributed by atoms with Crippen LogP contribution in [0.5, 0.6) is 11.5 Å². The number of fused-ring (bicyclic) bond motifs is 1. The Kier molecular flexibility index (Phi) is 8.01. The second-order valence-corrected chi connectivity index (χ2v) is 9.78. The Balaban J connectivity index is 1.95. The molecule has 188 valence electrons. The van der Waals surface area contributed by atoms with E-state index in [1.165, 1.54) is 11.3 Å². The molecule has 0 fully saturated rings. The van der Waals surface area contributed by atoms with Gasteiger partial charge in [0.15, 0.2) is 16.3 Å². The van der Waals surface area contributed by atoms with E-state index in [1.54, 1.807) is 43.4 Å². The van der Waals surface area contributed by atoms with Crippen LogP contribution in [0.1, 0.15) is 37.9 Å². The Morgan fingerprint density at radius 3 is 2.56 bits per heavy atom. The summed E-state index contributed by atoms with van der Waals surface area (Å²) < 4.78 is 18.7. The van der Waals surface area contributed by atoms with Crippen LogP contribution in [0.15, 0.2) is 68.4 Å². The third-order valence-corrected chi connectivity index (χ3v) is 7.48. The molecule has 2 aromatic carbocycles. The number of hydrogen-bond donors (Lipinski definition) is 0. The minimum absolute atomic E-state index is 0.230. The molecule has 0 radical (unpaired) electrons. The van der Waals surface area contributed by atoms with Gasteiger partial charge in [0.05, 0.1) is 42.2 Å². The van der Waals surface area contributed by atoms with Crippen LogP contribution in [0.2, 0.25) is 0 Å². The number of esters is 1. The van der Waals surface area contributed by atoms with Crippen LogP contribution >= 0.6 is 23.1 Å². The summed E-state index contributed by atoms with van der Waals surface area (Å²) in [6.07, 6.45) is 3.79. The number of aromatic nitrogens is 1. The average Bonchev–Trinajstić information content (AvgIpc) is 3.18. The normalized spacial score (nSPS) is 15.4. The lowest BCUT2D eigenvalue weighted by molar-refractivity contribution is -0.139. The Morgan fingerprint density at radius 2 is 1.92 bits per heavy atom. The predicted octanol–water partition coefficient (Wildman–Crippen LogP) is 3.93. The zero-order valence-electron chi connectivity index (χ0n) is 20.9. The number of para-hydroxylation sites is 1. The van der Waals surface area contributed by atoms with Crippen LogP contribution in [-0.4, -0.2) is 37.1 Å². The van der Waals surface area contributed by atoms with Gasteiger partial charge in [-0.25, -0.2) is 9.79 Å². The van der Waals surface area contributed by atoms with Crippen molar-refractivity contribution in [2.75, 3.05) is 26.6 Å². The van der Waals surface area contributed by atoms with Gasteiger partial charge in [-0.1, -0.05) is 35.6 Å². The summed E-state index contributed by atoms with van der Waals surface area (Å²) in [4.78, 5) is 33.1.